The number of hydrogen-bond acceptors (Lipinski definition) is 2. The third kappa shape index (κ3) is 2.76. The fraction of sp³-hybridized carbons (Fsp3) is 0.231. The summed E-state index contributed by atoms with van der Waals surface area (Å²) < 4.78 is 0. The Morgan fingerprint density at radius 3 is 2.41 bits per heavy atom. The number of aryl methyl sites for hydroxylation is 1. The van der Waals surface area contributed by atoms with Crippen LogP contribution in [0, 0.1) is 13.8 Å². The number of rotatable bonds is 2. The van der Waals surface area contributed by atoms with Crippen molar-refractivity contribution in [2.45, 2.75) is 20.3 Å². The van der Waals surface area contributed by atoms with Crippen LogP contribution >= 0.6 is 23.2 Å². The highest BCUT2D eigenvalue weighted by molar-refractivity contribution is 6.31. The van der Waals surface area contributed by atoms with Gasteiger partial charge in [0, 0.05) is 22.7 Å². The van der Waals surface area contributed by atoms with Gasteiger partial charge in [0.05, 0.1) is 0 Å². The molecule has 2 aromatic rings. The molecule has 1 aromatic heterocycles. The Labute approximate surface area is 111 Å². The van der Waals surface area contributed by atoms with E-state index in [1.165, 1.54) is 0 Å². The van der Waals surface area contributed by atoms with E-state index in [-0.39, 0.29) is 0 Å². The van der Waals surface area contributed by atoms with Gasteiger partial charge in [-0.1, -0.05) is 41.4 Å². The summed E-state index contributed by atoms with van der Waals surface area (Å²) in [6.07, 6.45) is 0.598. The van der Waals surface area contributed by atoms with Crippen LogP contribution < -0.4 is 0 Å². The highest BCUT2D eigenvalue weighted by Gasteiger charge is 2.08. The highest BCUT2D eigenvalue weighted by atomic mass is 35.5. The maximum atomic E-state index is 6.10. The van der Waals surface area contributed by atoms with E-state index in [0.29, 0.717) is 17.4 Å². The van der Waals surface area contributed by atoms with Gasteiger partial charge in [0.25, 0.3) is 0 Å². The zero-order valence-electron chi connectivity index (χ0n) is 9.67. The van der Waals surface area contributed by atoms with Crippen LogP contribution in [-0.2, 0) is 6.42 Å². The first kappa shape index (κ1) is 12.3. The summed E-state index contributed by atoms with van der Waals surface area (Å²) in [4.78, 5) is 8.68. The van der Waals surface area contributed by atoms with Gasteiger partial charge in [-0.2, -0.15) is 0 Å². The van der Waals surface area contributed by atoms with Gasteiger partial charge >= 0.3 is 0 Å². The average molecular weight is 267 g/mol. The van der Waals surface area contributed by atoms with Crippen molar-refractivity contribution in [3.8, 4) is 0 Å². The Hall–Kier alpha value is -1.12. The smallest absolute Gasteiger partial charge is 0.135 e. The van der Waals surface area contributed by atoms with Crippen LogP contribution in [0.15, 0.2) is 24.3 Å². The molecule has 0 N–H and O–H groups in total. The van der Waals surface area contributed by atoms with Crippen LogP contribution in [0.25, 0.3) is 0 Å². The molecule has 0 radical (unpaired) electrons. The summed E-state index contributed by atoms with van der Waals surface area (Å²) in [6, 6.07) is 7.68. The lowest BCUT2D eigenvalue weighted by atomic mass is 10.1. The van der Waals surface area contributed by atoms with Crippen LogP contribution in [0.2, 0.25) is 10.2 Å². The molecule has 0 spiro atoms. The van der Waals surface area contributed by atoms with Gasteiger partial charge in [0.1, 0.15) is 11.0 Å². The molecule has 1 heterocycles. The Bertz CT molecular complexity index is 530. The van der Waals surface area contributed by atoms with Crippen molar-refractivity contribution in [3.05, 3.63) is 57.1 Å². The summed E-state index contributed by atoms with van der Waals surface area (Å²) >= 11 is 12.1. The second-order valence-corrected chi connectivity index (χ2v) is 4.67. The number of benzene rings is 1. The van der Waals surface area contributed by atoms with Gasteiger partial charge < -0.3 is 0 Å². The summed E-state index contributed by atoms with van der Waals surface area (Å²) in [6.45, 7) is 3.84. The molecule has 0 aliphatic heterocycles. The van der Waals surface area contributed by atoms with E-state index in [1.54, 1.807) is 0 Å². The molecule has 0 bridgehead atoms. The molecule has 0 saturated carbocycles. The maximum absolute atomic E-state index is 6.10. The number of aromatic nitrogens is 2. The molecular weight excluding hydrogens is 255 g/mol. The normalized spacial score (nSPS) is 10.6. The predicted octanol–water partition coefficient (Wildman–Crippen LogP) is 3.99. The van der Waals surface area contributed by atoms with Gasteiger partial charge in [-0.05, 0) is 25.5 Å². The van der Waals surface area contributed by atoms with Crippen molar-refractivity contribution in [3.63, 3.8) is 0 Å². The Balaban J connectivity index is 2.34. The van der Waals surface area contributed by atoms with Crippen molar-refractivity contribution < 1.29 is 0 Å². The van der Waals surface area contributed by atoms with Crippen LogP contribution in [0.5, 0.6) is 0 Å². The van der Waals surface area contributed by atoms with Crippen LogP contribution in [0.1, 0.15) is 22.6 Å². The summed E-state index contributed by atoms with van der Waals surface area (Å²) in [7, 11) is 0. The average Bonchev–Trinajstić information content (AvgIpc) is 2.29. The van der Waals surface area contributed by atoms with E-state index in [4.69, 9.17) is 23.2 Å². The van der Waals surface area contributed by atoms with E-state index >= 15 is 0 Å². The third-order valence-electron chi connectivity index (χ3n) is 2.68. The summed E-state index contributed by atoms with van der Waals surface area (Å²) in [5.41, 5.74) is 2.84. The molecular formula is C13H12Cl2N2. The molecule has 17 heavy (non-hydrogen) atoms. The lowest BCUT2D eigenvalue weighted by Crippen LogP contribution is -2.01. The first-order chi connectivity index (χ1) is 8.08. The number of halogens is 2. The lowest BCUT2D eigenvalue weighted by molar-refractivity contribution is 0.927. The first-order valence-corrected chi connectivity index (χ1v) is 6.06. The molecule has 0 saturated heterocycles. The van der Waals surface area contributed by atoms with E-state index in [2.05, 4.69) is 9.97 Å². The fourth-order valence-electron chi connectivity index (χ4n) is 1.54. The van der Waals surface area contributed by atoms with Crippen LogP contribution in [-0.4, -0.2) is 9.97 Å². The Kier molecular flexibility index (Phi) is 3.65. The Morgan fingerprint density at radius 1 is 1.06 bits per heavy atom. The topological polar surface area (TPSA) is 25.8 Å². The predicted molar refractivity (Wildman–Crippen MR) is 70.8 cm³/mol. The molecule has 0 aliphatic rings. The molecule has 4 heteroatoms. The van der Waals surface area contributed by atoms with Gasteiger partial charge in [-0.15, -0.1) is 0 Å². The number of nitrogens with zero attached hydrogens (tertiary/aromatic N) is 2. The fourth-order valence-corrected chi connectivity index (χ4v) is 1.98. The van der Waals surface area contributed by atoms with E-state index < -0.39 is 0 Å². The minimum Gasteiger partial charge on any atom is -0.238 e. The second kappa shape index (κ2) is 5.03. The molecule has 1 aromatic carbocycles. The minimum absolute atomic E-state index is 0.513. The van der Waals surface area contributed by atoms with Crippen molar-refractivity contribution in [2.75, 3.05) is 0 Å². The zero-order valence-corrected chi connectivity index (χ0v) is 11.2. The zero-order chi connectivity index (χ0) is 12.4. The Morgan fingerprint density at radius 2 is 1.76 bits per heavy atom. The molecule has 0 atom stereocenters. The standard InChI is InChI=1S/C13H12Cl2N2/c1-8-9(2)16-12(17-13(8)15)7-10-5-3-4-6-11(10)14/h3-6H,7H2,1-2H3. The van der Waals surface area contributed by atoms with Crippen LogP contribution in [0.3, 0.4) is 0 Å². The van der Waals surface area contributed by atoms with Crippen molar-refractivity contribution in [1.82, 2.24) is 9.97 Å². The summed E-state index contributed by atoms with van der Waals surface area (Å²) in [5, 5.41) is 1.24. The first-order valence-electron chi connectivity index (χ1n) is 5.31. The molecule has 2 rings (SSSR count). The SMILES string of the molecule is Cc1nc(Cc2ccccc2Cl)nc(Cl)c1C. The van der Waals surface area contributed by atoms with Crippen molar-refractivity contribution >= 4 is 23.2 Å². The lowest BCUT2D eigenvalue weighted by Gasteiger charge is -2.07. The second-order valence-electron chi connectivity index (χ2n) is 3.91. The van der Waals surface area contributed by atoms with Crippen molar-refractivity contribution in [2.24, 2.45) is 0 Å². The molecule has 88 valence electrons. The maximum Gasteiger partial charge on any atom is 0.135 e. The molecule has 0 fully saturated rings. The van der Waals surface area contributed by atoms with E-state index in [1.807, 2.05) is 38.1 Å². The van der Waals surface area contributed by atoms with Gasteiger partial charge in [-0.3, -0.25) is 0 Å². The highest BCUT2D eigenvalue weighted by Crippen LogP contribution is 2.20. The van der Waals surface area contributed by atoms with Gasteiger partial charge in [0.2, 0.25) is 0 Å². The summed E-state index contributed by atoms with van der Waals surface area (Å²) in [5.74, 6) is 0.700. The van der Waals surface area contributed by atoms with Gasteiger partial charge in [0.15, 0.2) is 0 Å². The monoisotopic (exact) mass is 266 g/mol. The van der Waals surface area contributed by atoms with Gasteiger partial charge in [-0.25, -0.2) is 9.97 Å². The van der Waals surface area contributed by atoms with Crippen LogP contribution in [0.4, 0.5) is 0 Å². The van der Waals surface area contributed by atoms with Crippen molar-refractivity contribution in [1.29, 1.82) is 0 Å². The molecule has 0 unspecified atom stereocenters. The minimum atomic E-state index is 0.513. The molecule has 0 amide bonds. The quantitative estimate of drug-likeness (QED) is 0.769. The molecule has 2 nitrogen and oxygen atoms in total. The largest absolute Gasteiger partial charge is 0.238 e. The third-order valence-corrected chi connectivity index (χ3v) is 3.42. The molecule has 0 aliphatic carbocycles. The van der Waals surface area contributed by atoms with E-state index in [0.717, 1.165) is 21.8 Å². The van der Waals surface area contributed by atoms with E-state index in [9.17, 15) is 0 Å². The number of hydrogen-bond donors (Lipinski definition) is 0.